The molecule has 2 rings (SSSR count). The molecular formula is C8H12N2O3S. The number of carbonyl (C=O) groups excluding carboxylic acids is 1. The Morgan fingerprint density at radius 1 is 1.50 bits per heavy atom. The zero-order valence-corrected chi connectivity index (χ0v) is 8.38. The average molecular weight is 216 g/mol. The molecule has 0 bridgehead atoms. The second-order valence-corrected chi connectivity index (χ2v) is 5.50. The highest BCUT2D eigenvalue weighted by atomic mass is 32.2. The number of hydrogen-bond acceptors (Lipinski definition) is 4. The summed E-state index contributed by atoms with van der Waals surface area (Å²) in [7, 11) is -3.07. The van der Waals surface area contributed by atoms with Crippen LogP contribution in [0, 0.1) is 0 Å². The molecule has 0 saturated carbocycles. The molecular weight excluding hydrogens is 204 g/mol. The summed E-state index contributed by atoms with van der Waals surface area (Å²) in [5.41, 5.74) is 0. The van der Waals surface area contributed by atoms with Crippen LogP contribution in [-0.2, 0) is 14.6 Å². The Balaban J connectivity index is 1.87. The Labute approximate surface area is 82.5 Å². The van der Waals surface area contributed by atoms with E-state index >= 15 is 0 Å². The van der Waals surface area contributed by atoms with Crippen molar-refractivity contribution < 1.29 is 13.2 Å². The number of hydrogen-bond donors (Lipinski definition) is 2. The van der Waals surface area contributed by atoms with Crippen LogP contribution in [0.4, 0.5) is 0 Å². The van der Waals surface area contributed by atoms with Gasteiger partial charge in [0.2, 0.25) is 5.91 Å². The summed E-state index contributed by atoms with van der Waals surface area (Å²) < 4.78 is 22.0. The maximum Gasteiger partial charge on any atom is 0.237 e. The molecule has 1 fully saturated rings. The molecule has 1 amide bonds. The molecule has 0 aromatic carbocycles. The normalized spacial score (nSPS) is 33.7. The molecule has 5 nitrogen and oxygen atoms in total. The Morgan fingerprint density at radius 2 is 2.21 bits per heavy atom. The van der Waals surface area contributed by atoms with Gasteiger partial charge in [0.1, 0.15) is 0 Å². The SMILES string of the molecule is O=C(NC1C=CS(=O)(=O)C1)C1CCN1. The summed E-state index contributed by atoms with van der Waals surface area (Å²) in [5, 5.41) is 6.78. The number of carbonyl (C=O) groups is 1. The Morgan fingerprint density at radius 3 is 2.64 bits per heavy atom. The van der Waals surface area contributed by atoms with Gasteiger partial charge in [0.05, 0.1) is 17.8 Å². The van der Waals surface area contributed by atoms with Gasteiger partial charge in [-0.1, -0.05) is 0 Å². The lowest BCUT2D eigenvalue weighted by Crippen LogP contribution is -2.55. The third kappa shape index (κ3) is 1.96. The van der Waals surface area contributed by atoms with Crippen LogP contribution in [0.1, 0.15) is 6.42 Å². The molecule has 78 valence electrons. The molecule has 0 spiro atoms. The van der Waals surface area contributed by atoms with E-state index in [2.05, 4.69) is 10.6 Å². The highest BCUT2D eigenvalue weighted by molar-refractivity contribution is 7.94. The molecule has 2 unspecified atom stereocenters. The van der Waals surface area contributed by atoms with Crippen LogP contribution in [0.5, 0.6) is 0 Å². The zero-order valence-electron chi connectivity index (χ0n) is 7.56. The van der Waals surface area contributed by atoms with Gasteiger partial charge in [0, 0.05) is 5.41 Å². The van der Waals surface area contributed by atoms with Crippen molar-refractivity contribution in [3.63, 3.8) is 0 Å². The summed E-state index contributed by atoms with van der Waals surface area (Å²) in [5.74, 6) is -0.117. The topological polar surface area (TPSA) is 75.3 Å². The van der Waals surface area contributed by atoms with Gasteiger partial charge in [0.15, 0.2) is 9.84 Å². The molecule has 0 radical (unpaired) electrons. The van der Waals surface area contributed by atoms with Crippen LogP contribution in [0.15, 0.2) is 11.5 Å². The van der Waals surface area contributed by atoms with Gasteiger partial charge in [-0.25, -0.2) is 8.42 Å². The Bertz CT molecular complexity index is 370. The van der Waals surface area contributed by atoms with Crippen molar-refractivity contribution in [3.8, 4) is 0 Å². The molecule has 2 aliphatic rings. The van der Waals surface area contributed by atoms with E-state index in [1.807, 2.05) is 0 Å². The largest absolute Gasteiger partial charge is 0.347 e. The monoisotopic (exact) mass is 216 g/mol. The minimum absolute atomic E-state index is 0.00847. The van der Waals surface area contributed by atoms with E-state index in [0.29, 0.717) is 0 Å². The fourth-order valence-electron chi connectivity index (χ4n) is 1.46. The highest BCUT2D eigenvalue weighted by Gasteiger charge is 2.28. The first-order valence-electron chi connectivity index (χ1n) is 4.51. The smallest absolute Gasteiger partial charge is 0.237 e. The third-order valence-electron chi connectivity index (χ3n) is 2.40. The quantitative estimate of drug-likeness (QED) is 0.606. The number of sulfone groups is 1. The molecule has 14 heavy (non-hydrogen) atoms. The predicted octanol–water partition coefficient (Wildman–Crippen LogP) is -1.22. The number of amides is 1. The minimum Gasteiger partial charge on any atom is -0.347 e. The van der Waals surface area contributed by atoms with Crippen molar-refractivity contribution in [1.29, 1.82) is 0 Å². The van der Waals surface area contributed by atoms with Crippen molar-refractivity contribution in [2.45, 2.75) is 18.5 Å². The predicted molar refractivity (Wildman–Crippen MR) is 51.3 cm³/mol. The second kappa shape index (κ2) is 3.36. The third-order valence-corrected chi connectivity index (χ3v) is 3.79. The van der Waals surface area contributed by atoms with Gasteiger partial charge in [-0.15, -0.1) is 0 Å². The minimum atomic E-state index is -3.07. The molecule has 0 aliphatic carbocycles. The van der Waals surface area contributed by atoms with Crippen molar-refractivity contribution in [1.82, 2.24) is 10.6 Å². The van der Waals surface area contributed by atoms with Gasteiger partial charge in [-0.2, -0.15) is 0 Å². The van der Waals surface area contributed by atoms with Crippen molar-refractivity contribution >= 4 is 15.7 Å². The lowest BCUT2D eigenvalue weighted by Gasteiger charge is -2.27. The summed E-state index contributed by atoms with van der Waals surface area (Å²) >= 11 is 0. The van der Waals surface area contributed by atoms with Crippen molar-refractivity contribution in [2.24, 2.45) is 0 Å². The first-order valence-corrected chi connectivity index (χ1v) is 6.23. The molecule has 2 atom stereocenters. The van der Waals surface area contributed by atoms with Crippen LogP contribution < -0.4 is 10.6 Å². The maximum absolute atomic E-state index is 11.4. The summed E-state index contributed by atoms with van der Waals surface area (Å²) in [4.78, 5) is 11.4. The first kappa shape index (κ1) is 9.67. The Kier molecular flexibility index (Phi) is 2.32. The Hall–Kier alpha value is -0.880. The highest BCUT2D eigenvalue weighted by Crippen LogP contribution is 2.09. The summed E-state index contributed by atoms with van der Waals surface area (Å²) in [6, 6.07) is -0.485. The van der Waals surface area contributed by atoms with Gasteiger partial charge in [-0.3, -0.25) is 4.79 Å². The van der Waals surface area contributed by atoms with Gasteiger partial charge in [-0.05, 0) is 19.0 Å². The van der Waals surface area contributed by atoms with Crippen molar-refractivity contribution in [3.05, 3.63) is 11.5 Å². The molecule has 2 aliphatic heterocycles. The van der Waals surface area contributed by atoms with Gasteiger partial charge in [0.25, 0.3) is 0 Å². The van der Waals surface area contributed by atoms with E-state index in [9.17, 15) is 13.2 Å². The first-order chi connectivity index (χ1) is 6.57. The van der Waals surface area contributed by atoms with E-state index in [-0.39, 0.29) is 23.7 Å². The molecule has 2 heterocycles. The molecule has 0 aromatic heterocycles. The number of rotatable bonds is 2. The molecule has 2 N–H and O–H groups in total. The fourth-order valence-corrected chi connectivity index (χ4v) is 2.70. The number of nitrogens with one attached hydrogen (secondary N) is 2. The zero-order chi connectivity index (χ0) is 10.2. The van der Waals surface area contributed by atoms with E-state index < -0.39 is 9.84 Å². The fraction of sp³-hybridized carbons (Fsp3) is 0.625. The lowest BCUT2D eigenvalue weighted by molar-refractivity contribution is -0.125. The van der Waals surface area contributed by atoms with Gasteiger partial charge < -0.3 is 10.6 Å². The second-order valence-electron chi connectivity index (χ2n) is 3.57. The van der Waals surface area contributed by atoms with Crippen LogP contribution in [0.3, 0.4) is 0 Å². The molecule has 6 heteroatoms. The molecule has 0 aromatic rings. The van der Waals surface area contributed by atoms with Gasteiger partial charge >= 0.3 is 0 Å². The maximum atomic E-state index is 11.4. The van der Waals surface area contributed by atoms with Crippen LogP contribution >= 0.6 is 0 Å². The van der Waals surface area contributed by atoms with E-state index in [4.69, 9.17) is 0 Å². The standard InChI is InChI=1S/C8H12N2O3S/c11-8(7-1-3-9-7)10-6-2-4-14(12,13)5-6/h2,4,6-7,9H,1,3,5H2,(H,10,11). The summed E-state index contributed by atoms with van der Waals surface area (Å²) in [6.45, 7) is 0.858. The summed E-state index contributed by atoms with van der Waals surface area (Å²) in [6.07, 6.45) is 2.35. The van der Waals surface area contributed by atoms with Crippen LogP contribution in [0.2, 0.25) is 0 Å². The van der Waals surface area contributed by atoms with Crippen molar-refractivity contribution in [2.75, 3.05) is 12.3 Å². The average Bonchev–Trinajstić information content (AvgIpc) is 2.25. The van der Waals surface area contributed by atoms with E-state index in [1.54, 1.807) is 0 Å². The lowest BCUT2D eigenvalue weighted by atomic mass is 10.1. The van der Waals surface area contributed by atoms with E-state index in [1.165, 1.54) is 6.08 Å². The van der Waals surface area contributed by atoms with Crippen LogP contribution in [0.25, 0.3) is 0 Å². The molecule has 1 saturated heterocycles. The van der Waals surface area contributed by atoms with Crippen LogP contribution in [-0.4, -0.2) is 38.7 Å². The van der Waals surface area contributed by atoms with E-state index in [0.717, 1.165) is 18.4 Å².